The van der Waals surface area contributed by atoms with Gasteiger partial charge in [-0.1, -0.05) is 0 Å². The first-order valence-electron chi connectivity index (χ1n) is 8.85. The SMILES string of the molecule is CCOc1ccc(-c2cncc(C(=O)N/N=C/c3cncn3C(C)C)n2)cn1. The molecular formula is C19H21N7O2. The van der Waals surface area contributed by atoms with Crippen LogP contribution in [0.15, 0.2) is 48.3 Å². The summed E-state index contributed by atoms with van der Waals surface area (Å²) in [4.78, 5) is 29.0. The number of carbonyl (C=O) groups is 1. The van der Waals surface area contributed by atoms with Crippen molar-refractivity contribution in [1.82, 2.24) is 29.9 Å². The molecule has 1 amide bonds. The Hall–Kier alpha value is -3.62. The van der Waals surface area contributed by atoms with Gasteiger partial charge in [-0.3, -0.25) is 9.78 Å². The molecule has 0 unspecified atom stereocenters. The minimum absolute atomic E-state index is 0.154. The van der Waals surface area contributed by atoms with Crippen LogP contribution in [0.5, 0.6) is 5.88 Å². The number of nitrogens with one attached hydrogen (secondary N) is 1. The van der Waals surface area contributed by atoms with Crippen molar-refractivity contribution in [2.24, 2.45) is 5.10 Å². The van der Waals surface area contributed by atoms with E-state index in [1.807, 2.05) is 31.4 Å². The quantitative estimate of drug-likeness (QED) is 0.499. The largest absolute Gasteiger partial charge is 0.478 e. The number of hydrogen-bond acceptors (Lipinski definition) is 7. The molecule has 28 heavy (non-hydrogen) atoms. The Balaban J connectivity index is 1.70. The Bertz CT molecular complexity index is 964. The smallest absolute Gasteiger partial charge is 0.291 e. The van der Waals surface area contributed by atoms with E-state index >= 15 is 0 Å². The van der Waals surface area contributed by atoms with E-state index in [2.05, 4.69) is 30.5 Å². The first-order valence-corrected chi connectivity index (χ1v) is 8.85. The Morgan fingerprint density at radius 2 is 2.11 bits per heavy atom. The van der Waals surface area contributed by atoms with Gasteiger partial charge in [0.15, 0.2) is 0 Å². The molecule has 9 nitrogen and oxygen atoms in total. The fourth-order valence-corrected chi connectivity index (χ4v) is 2.44. The second kappa shape index (κ2) is 8.85. The molecule has 3 aromatic heterocycles. The van der Waals surface area contributed by atoms with E-state index in [-0.39, 0.29) is 11.7 Å². The molecule has 0 aliphatic heterocycles. The summed E-state index contributed by atoms with van der Waals surface area (Å²) in [6.45, 7) is 6.51. The Labute approximate surface area is 162 Å². The molecule has 144 valence electrons. The first-order chi connectivity index (χ1) is 13.6. The van der Waals surface area contributed by atoms with Crippen molar-refractivity contribution in [3.05, 3.63) is 54.6 Å². The zero-order valence-electron chi connectivity index (χ0n) is 15.9. The van der Waals surface area contributed by atoms with E-state index in [1.54, 1.807) is 37.2 Å². The van der Waals surface area contributed by atoms with Crippen LogP contribution in [0.1, 0.15) is 43.0 Å². The first kappa shape index (κ1) is 19.2. The van der Waals surface area contributed by atoms with Crippen molar-refractivity contribution < 1.29 is 9.53 Å². The maximum absolute atomic E-state index is 12.3. The maximum Gasteiger partial charge on any atom is 0.291 e. The van der Waals surface area contributed by atoms with Gasteiger partial charge in [0.2, 0.25) is 5.88 Å². The summed E-state index contributed by atoms with van der Waals surface area (Å²) in [5.41, 5.74) is 4.66. The molecule has 3 heterocycles. The lowest BCUT2D eigenvalue weighted by molar-refractivity contribution is 0.0950. The molecule has 9 heteroatoms. The molecule has 0 spiro atoms. The third-order valence-corrected chi connectivity index (χ3v) is 3.81. The molecule has 1 N–H and O–H groups in total. The van der Waals surface area contributed by atoms with Gasteiger partial charge in [0, 0.05) is 23.9 Å². The highest BCUT2D eigenvalue weighted by atomic mass is 16.5. The molecule has 0 saturated carbocycles. The van der Waals surface area contributed by atoms with Gasteiger partial charge < -0.3 is 9.30 Å². The van der Waals surface area contributed by atoms with Crippen LogP contribution in [0.4, 0.5) is 0 Å². The standard InChI is InChI=1S/C19H21N7O2/c1-4-28-18-6-5-14(7-22-18)16-10-20-11-17(24-16)19(27)25-23-9-15-8-21-12-26(15)13(2)3/h5-13H,4H2,1-3H3,(H,25,27)/b23-9+. The molecule has 0 aliphatic carbocycles. The number of rotatable bonds is 7. The highest BCUT2D eigenvalue weighted by Gasteiger charge is 2.10. The lowest BCUT2D eigenvalue weighted by Crippen LogP contribution is -2.19. The topological polar surface area (TPSA) is 107 Å². The van der Waals surface area contributed by atoms with Crippen LogP contribution < -0.4 is 10.2 Å². The number of carbonyl (C=O) groups excluding carboxylic acids is 1. The Morgan fingerprint density at radius 1 is 1.25 bits per heavy atom. The number of amides is 1. The average Bonchev–Trinajstić information content (AvgIpc) is 3.18. The predicted molar refractivity (Wildman–Crippen MR) is 104 cm³/mol. The van der Waals surface area contributed by atoms with E-state index in [4.69, 9.17) is 4.74 Å². The molecule has 0 radical (unpaired) electrons. The van der Waals surface area contributed by atoms with E-state index in [1.165, 1.54) is 6.20 Å². The van der Waals surface area contributed by atoms with Gasteiger partial charge in [0.1, 0.15) is 5.69 Å². The van der Waals surface area contributed by atoms with Crippen molar-refractivity contribution in [2.45, 2.75) is 26.8 Å². The average molecular weight is 379 g/mol. The van der Waals surface area contributed by atoms with Gasteiger partial charge in [-0.25, -0.2) is 20.4 Å². The number of aromatic nitrogens is 5. The van der Waals surface area contributed by atoms with Crippen LogP contribution in [0, 0.1) is 0 Å². The highest BCUT2D eigenvalue weighted by molar-refractivity contribution is 5.93. The predicted octanol–water partition coefficient (Wildman–Crippen LogP) is 2.48. The Morgan fingerprint density at radius 3 is 2.82 bits per heavy atom. The molecule has 3 rings (SSSR count). The number of nitrogens with zero attached hydrogens (tertiary/aromatic N) is 6. The van der Waals surface area contributed by atoms with E-state index in [0.717, 1.165) is 11.3 Å². The molecule has 0 aliphatic rings. The van der Waals surface area contributed by atoms with Crippen molar-refractivity contribution in [3.8, 4) is 17.1 Å². The van der Waals surface area contributed by atoms with E-state index in [0.29, 0.717) is 18.2 Å². The van der Waals surface area contributed by atoms with Crippen molar-refractivity contribution in [1.29, 1.82) is 0 Å². The molecule has 0 saturated heterocycles. The van der Waals surface area contributed by atoms with Gasteiger partial charge in [-0.15, -0.1) is 0 Å². The lowest BCUT2D eigenvalue weighted by Gasteiger charge is -2.08. The summed E-state index contributed by atoms with van der Waals surface area (Å²) in [6, 6.07) is 3.80. The summed E-state index contributed by atoms with van der Waals surface area (Å²) in [5.74, 6) is 0.0724. The highest BCUT2D eigenvalue weighted by Crippen LogP contribution is 2.17. The number of imidazole rings is 1. The monoisotopic (exact) mass is 379 g/mol. The van der Waals surface area contributed by atoms with Gasteiger partial charge in [0.05, 0.1) is 49.1 Å². The molecule has 0 atom stereocenters. The third-order valence-electron chi connectivity index (χ3n) is 3.81. The van der Waals surface area contributed by atoms with Crippen LogP contribution in [-0.4, -0.2) is 43.2 Å². The molecule has 0 fully saturated rings. The van der Waals surface area contributed by atoms with Crippen molar-refractivity contribution >= 4 is 12.1 Å². The second-order valence-corrected chi connectivity index (χ2v) is 6.13. The summed E-state index contributed by atoms with van der Waals surface area (Å²) in [7, 11) is 0. The van der Waals surface area contributed by atoms with Crippen LogP contribution in [0.2, 0.25) is 0 Å². The molecular weight excluding hydrogens is 358 g/mol. The van der Waals surface area contributed by atoms with Gasteiger partial charge in [-0.05, 0) is 26.8 Å². The normalized spacial score (nSPS) is 11.1. The van der Waals surface area contributed by atoms with Crippen molar-refractivity contribution in [3.63, 3.8) is 0 Å². The fourth-order valence-electron chi connectivity index (χ4n) is 2.44. The van der Waals surface area contributed by atoms with Crippen LogP contribution in [0.25, 0.3) is 11.3 Å². The van der Waals surface area contributed by atoms with E-state index < -0.39 is 5.91 Å². The minimum Gasteiger partial charge on any atom is -0.478 e. The summed E-state index contributed by atoms with van der Waals surface area (Å²) in [5, 5.41) is 3.99. The zero-order chi connectivity index (χ0) is 19.9. The zero-order valence-corrected chi connectivity index (χ0v) is 15.9. The summed E-state index contributed by atoms with van der Waals surface area (Å²) >= 11 is 0. The molecule has 0 aromatic carbocycles. The minimum atomic E-state index is -0.458. The molecule has 0 bridgehead atoms. The van der Waals surface area contributed by atoms with Crippen LogP contribution in [0.3, 0.4) is 0 Å². The molecule has 3 aromatic rings. The van der Waals surface area contributed by atoms with E-state index in [9.17, 15) is 4.79 Å². The number of ether oxygens (including phenoxy) is 1. The number of hydrazone groups is 1. The lowest BCUT2D eigenvalue weighted by atomic mass is 10.2. The number of hydrogen-bond donors (Lipinski definition) is 1. The van der Waals surface area contributed by atoms with Gasteiger partial charge >= 0.3 is 0 Å². The fraction of sp³-hybridized carbons (Fsp3) is 0.263. The second-order valence-electron chi connectivity index (χ2n) is 6.13. The Kier molecular flexibility index (Phi) is 6.05. The maximum atomic E-state index is 12.3. The third kappa shape index (κ3) is 4.56. The van der Waals surface area contributed by atoms with Gasteiger partial charge in [-0.2, -0.15) is 5.10 Å². The summed E-state index contributed by atoms with van der Waals surface area (Å²) in [6.07, 6.45) is 9.51. The van der Waals surface area contributed by atoms with Gasteiger partial charge in [0.25, 0.3) is 5.91 Å². The van der Waals surface area contributed by atoms with Crippen LogP contribution in [-0.2, 0) is 0 Å². The summed E-state index contributed by atoms with van der Waals surface area (Å²) < 4.78 is 7.26. The number of pyridine rings is 1. The van der Waals surface area contributed by atoms with Crippen LogP contribution >= 0.6 is 0 Å². The van der Waals surface area contributed by atoms with Crippen molar-refractivity contribution in [2.75, 3.05) is 6.61 Å².